The topological polar surface area (TPSA) is 42.0 Å². The van der Waals surface area contributed by atoms with Crippen LogP contribution < -0.4 is 5.32 Å². The molecule has 0 saturated carbocycles. The Kier molecular flexibility index (Phi) is 3.84. The first-order valence-electron chi connectivity index (χ1n) is 7.22. The van der Waals surface area contributed by atoms with Crippen molar-refractivity contribution in [2.45, 2.75) is 0 Å². The number of hydrogen-bond donors (Lipinski definition) is 1. The summed E-state index contributed by atoms with van der Waals surface area (Å²) >= 11 is 2.94. The molecule has 4 rings (SSSR count). The third-order valence-corrected chi connectivity index (χ3v) is 5.75. The van der Waals surface area contributed by atoms with Gasteiger partial charge in [-0.05, 0) is 36.4 Å². The number of anilines is 1. The van der Waals surface area contributed by atoms with Crippen molar-refractivity contribution in [3.05, 3.63) is 71.4 Å². The number of thiazole rings is 1. The van der Waals surface area contributed by atoms with E-state index in [0.29, 0.717) is 4.88 Å². The molecule has 0 radical (unpaired) electrons. The fourth-order valence-electron chi connectivity index (χ4n) is 2.30. The maximum absolute atomic E-state index is 13.6. The van der Waals surface area contributed by atoms with Crippen molar-refractivity contribution < 1.29 is 9.18 Å². The van der Waals surface area contributed by atoms with Crippen molar-refractivity contribution in [2.75, 3.05) is 5.32 Å². The third kappa shape index (κ3) is 2.81. The lowest BCUT2D eigenvalue weighted by Gasteiger charge is -2.03. The summed E-state index contributed by atoms with van der Waals surface area (Å²) in [4.78, 5) is 18.3. The van der Waals surface area contributed by atoms with Gasteiger partial charge in [-0.15, -0.1) is 22.7 Å². The minimum absolute atomic E-state index is 0.178. The number of carbonyl (C=O) groups is 1. The first-order chi connectivity index (χ1) is 11.7. The minimum Gasteiger partial charge on any atom is -0.319 e. The highest BCUT2D eigenvalue weighted by Crippen LogP contribution is 2.34. The molecular formula is C18H11FN2OS2. The SMILES string of the molecule is O=C(Nc1ccccc1F)c1ccc(-c2nc3ccccc3s2)s1. The number of nitrogens with one attached hydrogen (secondary N) is 1. The van der Waals surface area contributed by atoms with Crippen molar-refractivity contribution >= 4 is 44.5 Å². The summed E-state index contributed by atoms with van der Waals surface area (Å²) in [6, 6.07) is 17.7. The van der Waals surface area contributed by atoms with Crippen LogP contribution in [-0.4, -0.2) is 10.9 Å². The van der Waals surface area contributed by atoms with E-state index < -0.39 is 5.82 Å². The van der Waals surface area contributed by atoms with Gasteiger partial charge in [0.15, 0.2) is 0 Å². The van der Waals surface area contributed by atoms with Gasteiger partial charge in [0.1, 0.15) is 10.8 Å². The first kappa shape index (κ1) is 15.0. The lowest BCUT2D eigenvalue weighted by atomic mass is 10.3. The summed E-state index contributed by atoms with van der Waals surface area (Å²) in [6.45, 7) is 0. The number of para-hydroxylation sites is 2. The van der Waals surface area contributed by atoms with Crippen LogP contribution in [0.25, 0.3) is 20.1 Å². The van der Waals surface area contributed by atoms with Crippen LogP contribution >= 0.6 is 22.7 Å². The van der Waals surface area contributed by atoms with E-state index in [0.717, 1.165) is 20.1 Å². The van der Waals surface area contributed by atoms with Crippen molar-refractivity contribution in [2.24, 2.45) is 0 Å². The standard InChI is InChI=1S/C18H11FN2OS2/c19-11-5-1-2-6-12(11)20-17(22)15-9-10-16(23-15)18-21-13-7-3-4-8-14(13)24-18/h1-10H,(H,20,22). The largest absolute Gasteiger partial charge is 0.319 e. The fourth-order valence-corrected chi connectivity index (χ4v) is 4.22. The van der Waals surface area contributed by atoms with E-state index in [1.165, 1.54) is 23.5 Å². The summed E-state index contributed by atoms with van der Waals surface area (Å²) < 4.78 is 14.7. The molecule has 0 fully saturated rings. The van der Waals surface area contributed by atoms with Crippen LogP contribution in [-0.2, 0) is 0 Å². The van der Waals surface area contributed by atoms with E-state index in [1.54, 1.807) is 29.5 Å². The van der Waals surface area contributed by atoms with E-state index in [9.17, 15) is 9.18 Å². The number of amides is 1. The van der Waals surface area contributed by atoms with E-state index in [2.05, 4.69) is 10.3 Å². The summed E-state index contributed by atoms with van der Waals surface area (Å²) in [7, 11) is 0. The summed E-state index contributed by atoms with van der Waals surface area (Å²) in [5.74, 6) is -0.772. The molecule has 1 amide bonds. The quantitative estimate of drug-likeness (QED) is 0.534. The van der Waals surface area contributed by atoms with Gasteiger partial charge in [0.25, 0.3) is 5.91 Å². The molecule has 3 nitrogen and oxygen atoms in total. The number of aromatic nitrogens is 1. The molecule has 118 valence electrons. The van der Waals surface area contributed by atoms with Crippen LogP contribution in [0.3, 0.4) is 0 Å². The molecule has 0 saturated heterocycles. The van der Waals surface area contributed by atoms with Crippen molar-refractivity contribution in [1.29, 1.82) is 0 Å². The normalized spacial score (nSPS) is 10.9. The molecule has 0 bridgehead atoms. The van der Waals surface area contributed by atoms with Gasteiger partial charge in [0.05, 0.1) is 25.7 Å². The second kappa shape index (κ2) is 6.14. The first-order valence-corrected chi connectivity index (χ1v) is 8.86. The summed E-state index contributed by atoms with van der Waals surface area (Å²) in [5, 5.41) is 3.48. The van der Waals surface area contributed by atoms with Crippen LogP contribution in [0, 0.1) is 5.82 Å². The Labute approximate surface area is 145 Å². The van der Waals surface area contributed by atoms with Crippen LogP contribution in [0.5, 0.6) is 0 Å². The number of carbonyl (C=O) groups excluding carboxylic acids is 1. The molecule has 1 N–H and O–H groups in total. The number of thiophene rings is 1. The van der Waals surface area contributed by atoms with Gasteiger partial charge in [0.2, 0.25) is 0 Å². The van der Waals surface area contributed by atoms with Crippen LogP contribution in [0.1, 0.15) is 9.67 Å². The fraction of sp³-hybridized carbons (Fsp3) is 0. The zero-order valence-corrected chi connectivity index (χ0v) is 14.0. The molecule has 0 unspecified atom stereocenters. The molecule has 0 aliphatic carbocycles. The van der Waals surface area contributed by atoms with E-state index in [1.807, 2.05) is 30.3 Å². The summed E-state index contributed by atoms with van der Waals surface area (Å²) in [6.07, 6.45) is 0. The van der Waals surface area contributed by atoms with Gasteiger partial charge in [-0.2, -0.15) is 0 Å². The van der Waals surface area contributed by atoms with Crippen LogP contribution in [0.4, 0.5) is 10.1 Å². The van der Waals surface area contributed by atoms with Gasteiger partial charge in [-0.3, -0.25) is 4.79 Å². The Bertz CT molecular complexity index is 1010. The van der Waals surface area contributed by atoms with Crippen molar-refractivity contribution in [3.63, 3.8) is 0 Å². The van der Waals surface area contributed by atoms with Gasteiger partial charge in [-0.25, -0.2) is 9.37 Å². The van der Waals surface area contributed by atoms with Gasteiger partial charge in [-0.1, -0.05) is 24.3 Å². The maximum Gasteiger partial charge on any atom is 0.265 e. The lowest BCUT2D eigenvalue weighted by molar-refractivity contribution is 0.103. The Morgan fingerprint density at radius 1 is 0.958 bits per heavy atom. The molecule has 2 aromatic carbocycles. The number of nitrogens with zero attached hydrogens (tertiary/aromatic N) is 1. The highest BCUT2D eigenvalue weighted by molar-refractivity contribution is 7.26. The lowest BCUT2D eigenvalue weighted by Crippen LogP contribution is -2.11. The monoisotopic (exact) mass is 354 g/mol. The summed E-state index contributed by atoms with van der Waals surface area (Å²) in [5.41, 5.74) is 1.13. The average molecular weight is 354 g/mol. The molecule has 2 aromatic heterocycles. The van der Waals surface area contributed by atoms with Crippen molar-refractivity contribution in [1.82, 2.24) is 4.98 Å². The number of fused-ring (bicyclic) bond motifs is 1. The Balaban J connectivity index is 1.60. The van der Waals surface area contributed by atoms with Gasteiger partial charge >= 0.3 is 0 Å². The van der Waals surface area contributed by atoms with Crippen molar-refractivity contribution in [3.8, 4) is 9.88 Å². The predicted octanol–water partition coefficient (Wildman–Crippen LogP) is 5.42. The highest BCUT2D eigenvalue weighted by Gasteiger charge is 2.14. The zero-order chi connectivity index (χ0) is 16.5. The Hall–Kier alpha value is -2.57. The molecule has 0 aliphatic rings. The Morgan fingerprint density at radius 3 is 2.58 bits per heavy atom. The molecule has 0 atom stereocenters. The predicted molar refractivity (Wildman–Crippen MR) is 97.3 cm³/mol. The number of benzene rings is 2. The average Bonchev–Trinajstić information content (AvgIpc) is 3.23. The number of hydrogen-bond acceptors (Lipinski definition) is 4. The zero-order valence-electron chi connectivity index (χ0n) is 12.3. The highest BCUT2D eigenvalue weighted by atomic mass is 32.1. The molecule has 0 spiro atoms. The molecule has 0 aliphatic heterocycles. The van der Waals surface area contributed by atoms with E-state index in [4.69, 9.17) is 0 Å². The maximum atomic E-state index is 13.6. The second-order valence-corrected chi connectivity index (χ2v) is 7.20. The number of rotatable bonds is 3. The smallest absolute Gasteiger partial charge is 0.265 e. The molecule has 6 heteroatoms. The van der Waals surface area contributed by atoms with Crippen LogP contribution in [0.2, 0.25) is 0 Å². The number of halogens is 1. The van der Waals surface area contributed by atoms with E-state index >= 15 is 0 Å². The second-order valence-electron chi connectivity index (χ2n) is 5.08. The van der Waals surface area contributed by atoms with Gasteiger partial charge in [0, 0.05) is 0 Å². The third-order valence-electron chi connectivity index (χ3n) is 3.46. The van der Waals surface area contributed by atoms with Crippen LogP contribution in [0.15, 0.2) is 60.7 Å². The minimum atomic E-state index is -0.450. The molecule has 24 heavy (non-hydrogen) atoms. The molecule has 4 aromatic rings. The Morgan fingerprint density at radius 2 is 1.75 bits per heavy atom. The molecular weight excluding hydrogens is 343 g/mol. The van der Waals surface area contributed by atoms with E-state index in [-0.39, 0.29) is 11.6 Å². The van der Waals surface area contributed by atoms with Gasteiger partial charge < -0.3 is 5.32 Å². The molecule has 2 heterocycles.